The standard InChI is InChI=1S/C14H11ClN2OS/c15-10-5-2-1-4-9(10)8-19-14-17-13-11(16)6-3-7-12(13)18-14/h1-7H,8,16H2. The van der Waals surface area contributed by atoms with E-state index in [1.54, 1.807) is 0 Å². The molecule has 1 heterocycles. The van der Waals surface area contributed by atoms with Gasteiger partial charge in [0, 0.05) is 10.8 Å². The number of nitrogens with two attached hydrogens (primary N) is 1. The van der Waals surface area contributed by atoms with Crippen molar-refractivity contribution in [2.75, 3.05) is 5.73 Å². The average molecular weight is 291 g/mol. The van der Waals surface area contributed by atoms with Gasteiger partial charge in [0.25, 0.3) is 5.22 Å². The predicted octanol–water partition coefficient (Wildman–Crippen LogP) is 4.36. The highest BCUT2D eigenvalue weighted by Crippen LogP contribution is 2.30. The van der Waals surface area contributed by atoms with Gasteiger partial charge in [-0.15, -0.1) is 0 Å². The Hall–Kier alpha value is -1.65. The summed E-state index contributed by atoms with van der Waals surface area (Å²) >= 11 is 7.61. The summed E-state index contributed by atoms with van der Waals surface area (Å²) in [6, 6.07) is 13.3. The van der Waals surface area contributed by atoms with Crippen molar-refractivity contribution >= 4 is 40.1 Å². The van der Waals surface area contributed by atoms with Crippen LogP contribution < -0.4 is 5.73 Å². The van der Waals surface area contributed by atoms with Gasteiger partial charge in [0.2, 0.25) is 0 Å². The van der Waals surface area contributed by atoms with Crippen LogP contribution >= 0.6 is 23.4 Å². The third-order valence-electron chi connectivity index (χ3n) is 2.74. The summed E-state index contributed by atoms with van der Waals surface area (Å²) in [5, 5.41) is 1.36. The smallest absolute Gasteiger partial charge is 0.257 e. The first-order valence-corrected chi connectivity index (χ1v) is 7.11. The minimum atomic E-state index is 0.604. The molecule has 1 aromatic heterocycles. The zero-order valence-electron chi connectivity index (χ0n) is 9.97. The summed E-state index contributed by atoms with van der Waals surface area (Å²) < 4.78 is 5.64. The number of nitrogen functional groups attached to an aromatic ring is 1. The molecule has 0 amide bonds. The van der Waals surface area contributed by atoms with E-state index in [-0.39, 0.29) is 0 Å². The summed E-state index contributed by atoms with van der Waals surface area (Å²) in [6.45, 7) is 0. The molecule has 19 heavy (non-hydrogen) atoms. The molecule has 3 aromatic rings. The number of hydrogen-bond donors (Lipinski definition) is 1. The summed E-state index contributed by atoms with van der Waals surface area (Å²) in [5.41, 5.74) is 8.96. The number of aromatic nitrogens is 1. The highest BCUT2D eigenvalue weighted by Gasteiger charge is 2.09. The molecule has 0 aliphatic rings. The Morgan fingerprint density at radius 2 is 2.00 bits per heavy atom. The third-order valence-corrected chi connectivity index (χ3v) is 3.99. The second kappa shape index (κ2) is 5.15. The lowest BCUT2D eigenvalue weighted by Gasteiger charge is -2.00. The molecule has 0 bridgehead atoms. The summed E-state index contributed by atoms with van der Waals surface area (Å²) in [7, 11) is 0. The number of nitrogens with zero attached hydrogens (tertiary/aromatic N) is 1. The van der Waals surface area contributed by atoms with E-state index >= 15 is 0 Å². The molecule has 3 nitrogen and oxygen atoms in total. The number of halogens is 1. The van der Waals surface area contributed by atoms with Crippen LogP contribution in [0.5, 0.6) is 0 Å². The maximum Gasteiger partial charge on any atom is 0.257 e. The Labute approximate surface area is 119 Å². The number of hydrogen-bond acceptors (Lipinski definition) is 4. The van der Waals surface area contributed by atoms with Crippen molar-refractivity contribution < 1.29 is 4.42 Å². The third kappa shape index (κ3) is 2.55. The van der Waals surface area contributed by atoms with Crippen molar-refractivity contribution in [3.05, 3.63) is 53.1 Å². The monoisotopic (exact) mass is 290 g/mol. The number of oxazole rings is 1. The first-order valence-electron chi connectivity index (χ1n) is 5.75. The Morgan fingerprint density at radius 3 is 2.79 bits per heavy atom. The van der Waals surface area contributed by atoms with E-state index in [0.717, 1.165) is 10.6 Å². The van der Waals surface area contributed by atoms with Crippen LogP contribution in [0.2, 0.25) is 5.02 Å². The fourth-order valence-corrected chi connectivity index (χ4v) is 2.88. The van der Waals surface area contributed by atoms with Gasteiger partial charge in [0.05, 0.1) is 5.69 Å². The molecular formula is C14H11ClN2OS. The van der Waals surface area contributed by atoms with Crippen molar-refractivity contribution in [3.63, 3.8) is 0 Å². The highest BCUT2D eigenvalue weighted by atomic mass is 35.5. The molecular weight excluding hydrogens is 280 g/mol. The Bertz CT molecular complexity index is 726. The maximum atomic E-state index is 6.11. The van der Waals surface area contributed by atoms with Gasteiger partial charge in [-0.05, 0) is 23.8 Å². The molecule has 3 rings (SSSR count). The van der Waals surface area contributed by atoms with Gasteiger partial charge in [-0.1, -0.05) is 47.6 Å². The number of anilines is 1. The predicted molar refractivity (Wildman–Crippen MR) is 79.4 cm³/mol. The van der Waals surface area contributed by atoms with Crippen molar-refractivity contribution in [1.82, 2.24) is 4.98 Å². The van der Waals surface area contributed by atoms with Gasteiger partial charge >= 0.3 is 0 Å². The lowest BCUT2D eigenvalue weighted by molar-refractivity contribution is 0.489. The lowest BCUT2D eigenvalue weighted by Crippen LogP contribution is -1.85. The van der Waals surface area contributed by atoms with E-state index in [9.17, 15) is 0 Å². The van der Waals surface area contributed by atoms with Crippen LogP contribution in [0.4, 0.5) is 5.69 Å². The summed E-state index contributed by atoms with van der Waals surface area (Å²) in [6.07, 6.45) is 0. The molecule has 5 heteroatoms. The van der Waals surface area contributed by atoms with Gasteiger partial charge in [-0.3, -0.25) is 0 Å². The van der Waals surface area contributed by atoms with Crippen molar-refractivity contribution in [2.45, 2.75) is 11.0 Å². The van der Waals surface area contributed by atoms with Crippen molar-refractivity contribution in [2.24, 2.45) is 0 Å². The van der Waals surface area contributed by atoms with E-state index in [0.29, 0.717) is 27.8 Å². The second-order valence-electron chi connectivity index (χ2n) is 4.05. The number of benzene rings is 2. The van der Waals surface area contributed by atoms with E-state index < -0.39 is 0 Å². The fourth-order valence-electron chi connectivity index (χ4n) is 1.77. The van der Waals surface area contributed by atoms with Crippen molar-refractivity contribution in [3.8, 4) is 0 Å². The zero-order valence-corrected chi connectivity index (χ0v) is 11.5. The van der Waals surface area contributed by atoms with Crippen molar-refractivity contribution in [1.29, 1.82) is 0 Å². The van der Waals surface area contributed by atoms with Crippen LogP contribution in [0.1, 0.15) is 5.56 Å². The minimum absolute atomic E-state index is 0.604. The van der Waals surface area contributed by atoms with Crippen LogP contribution in [0.3, 0.4) is 0 Å². The molecule has 0 spiro atoms. The van der Waals surface area contributed by atoms with Crippen LogP contribution in [-0.4, -0.2) is 4.98 Å². The van der Waals surface area contributed by atoms with Crippen LogP contribution in [0.25, 0.3) is 11.1 Å². The highest BCUT2D eigenvalue weighted by molar-refractivity contribution is 7.98. The number of rotatable bonds is 3. The summed E-state index contributed by atoms with van der Waals surface area (Å²) in [4.78, 5) is 4.39. The first kappa shape index (κ1) is 12.4. The molecule has 0 saturated carbocycles. The molecule has 2 aromatic carbocycles. The number of thioether (sulfide) groups is 1. The lowest BCUT2D eigenvalue weighted by atomic mass is 10.2. The zero-order chi connectivity index (χ0) is 13.2. The largest absolute Gasteiger partial charge is 0.431 e. The quantitative estimate of drug-likeness (QED) is 0.575. The number of fused-ring (bicyclic) bond motifs is 1. The van der Waals surface area contributed by atoms with Crippen LogP contribution in [-0.2, 0) is 5.75 Å². The normalized spacial score (nSPS) is 11.0. The molecule has 0 fully saturated rings. The Balaban J connectivity index is 1.83. The van der Waals surface area contributed by atoms with Crippen LogP contribution in [0.15, 0.2) is 52.1 Å². The van der Waals surface area contributed by atoms with E-state index in [1.165, 1.54) is 11.8 Å². The molecule has 0 aliphatic heterocycles. The van der Waals surface area contributed by atoms with Gasteiger partial charge < -0.3 is 10.2 Å². The minimum Gasteiger partial charge on any atom is -0.431 e. The Kier molecular flexibility index (Phi) is 3.36. The van der Waals surface area contributed by atoms with Gasteiger partial charge in [-0.25, -0.2) is 4.98 Å². The molecule has 0 unspecified atom stereocenters. The first-order chi connectivity index (χ1) is 9.24. The fraction of sp³-hybridized carbons (Fsp3) is 0.0714. The topological polar surface area (TPSA) is 52.0 Å². The molecule has 0 saturated heterocycles. The number of para-hydroxylation sites is 1. The molecule has 2 N–H and O–H groups in total. The molecule has 0 radical (unpaired) electrons. The Morgan fingerprint density at radius 1 is 1.16 bits per heavy atom. The van der Waals surface area contributed by atoms with Crippen LogP contribution in [0, 0.1) is 0 Å². The van der Waals surface area contributed by atoms with Gasteiger partial charge in [-0.2, -0.15) is 0 Å². The average Bonchev–Trinajstić information content (AvgIpc) is 2.82. The van der Waals surface area contributed by atoms with E-state index in [1.807, 2.05) is 42.5 Å². The van der Waals surface area contributed by atoms with Gasteiger partial charge in [0.15, 0.2) is 5.58 Å². The molecule has 96 valence electrons. The van der Waals surface area contributed by atoms with E-state index in [4.69, 9.17) is 21.8 Å². The van der Waals surface area contributed by atoms with E-state index in [2.05, 4.69) is 4.98 Å². The second-order valence-corrected chi connectivity index (χ2v) is 5.39. The molecule has 0 aliphatic carbocycles. The van der Waals surface area contributed by atoms with Gasteiger partial charge in [0.1, 0.15) is 5.52 Å². The summed E-state index contributed by atoms with van der Waals surface area (Å²) in [5.74, 6) is 0.715. The SMILES string of the molecule is Nc1cccc2oc(SCc3ccccc3Cl)nc12. The molecule has 0 atom stereocenters. The maximum absolute atomic E-state index is 6.11.